The topological polar surface area (TPSA) is 53.4 Å². The Labute approximate surface area is 214 Å². The van der Waals surface area contributed by atoms with Crippen LogP contribution in [0.2, 0.25) is 25.1 Å². The predicted molar refractivity (Wildman–Crippen MR) is 135 cm³/mol. The number of fused-ring (bicyclic) bond motifs is 1. The fourth-order valence-electron chi connectivity index (χ4n) is 3.24. The SMILES string of the molecule is COCCOc1cc(-n2nc(-c3ccc(Cl)cc3)c3cc(Cl)c(Cl)cc3c2=O)c(Cl)cc1Cl. The molecule has 0 atom stereocenters. The minimum absolute atomic E-state index is 0.218. The van der Waals surface area contributed by atoms with Gasteiger partial charge in [0, 0.05) is 29.1 Å². The van der Waals surface area contributed by atoms with Gasteiger partial charge in [-0.25, -0.2) is 0 Å². The van der Waals surface area contributed by atoms with E-state index in [1.54, 1.807) is 43.5 Å². The molecule has 10 heteroatoms. The predicted octanol–water partition coefficient (Wildman–Crippen LogP) is 7.34. The van der Waals surface area contributed by atoms with Crippen molar-refractivity contribution in [3.05, 3.63) is 84.0 Å². The maximum Gasteiger partial charge on any atom is 0.279 e. The van der Waals surface area contributed by atoms with Crippen LogP contribution in [0.15, 0.2) is 53.3 Å². The third-order valence-electron chi connectivity index (χ3n) is 4.83. The Morgan fingerprint density at radius 1 is 0.818 bits per heavy atom. The van der Waals surface area contributed by atoms with Crippen LogP contribution in [0.3, 0.4) is 0 Å². The number of aromatic nitrogens is 2. The summed E-state index contributed by atoms with van der Waals surface area (Å²) in [5.41, 5.74) is 1.07. The second-order valence-corrected chi connectivity index (χ2v) is 9.02. The number of ether oxygens (including phenoxy) is 2. The van der Waals surface area contributed by atoms with Crippen molar-refractivity contribution >= 4 is 68.8 Å². The van der Waals surface area contributed by atoms with Gasteiger partial charge in [-0.15, -0.1) is 0 Å². The van der Waals surface area contributed by atoms with Gasteiger partial charge in [-0.1, -0.05) is 70.1 Å². The zero-order valence-electron chi connectivity index (χ0n) is 17.0. The molecular weight excluding hydrogens is 530 g/mol. The first-order valence-electron chi connectivity index (χ1n) is 9.59. The maximum atomic E-state index is 13.5. The molecule has 0 amide bonds. The lowest BCUT2D eigenvalue weighted by Crippen LogP contribution is -2.23. The standard InChI is InChI=1S/C23H15Cl5N2O3/c1-32-6-7-33-21-11-20(18(27)10-19(21)28)30-23(31)15-9-17(26)16(25)8-14(15)22(29-30)12-2-4-13(24)5-3-12/h2-5,8-11H,6-7H2,1H3. The molecule has 4 rings (SSSR count). The molecule has 0 spiro atoms. The van der Waals surface area contributed by atoms with Gasteiger partial charge in [-0.3, -0.25) is 4.79 Å². The molecule has 0 saturated carbocycles. The van der Waals surface area contributed by atoms with Gasteiger partial charge in [0.2, 0.25) is 0 Å². The van der Waals surface area contributed by atoms with E-state index < -0.39 is 5.56 Å². The van der Waals surface area contributed by atoms with Crippen LogP contribution in [-0.2, 0) is 4.74 Å². The van der Waals surface area contributed by atoms with Crippen LogP contribution >= 0.6 is 58.0 Å². The molecule has 5 nitrogen and oxygen atoms in total. The molecule has 33 heavy (non-hydrogen) atoms. The Bertz CT molecular complexity index is 1400. The van der Waals surface area contributed by atoms with E-state index in [2.05, 4.69) is 5.10 Å². The van der Waals surface area contributed by atoms with E-state index in [9.17, 15) is 4.79 Å². The summed E-state index contributed by atoms with van der Waals surface area (Å²) in [5.74, 6) is 0.337. The van der Waals surface area contributed by atoms with Crippen LogP contribution < -0.4 is 10.3 Å². The van der Waals surface area contributed by atoms with Gasteiger partial charge in [0.1, 0.15) is 12.4 Å². The van der Waals surface area contributed by atoms with Gasteiger partial charge >= 0.3 is 0 Å². The van der Waals surface area contributed by atoms with E-state index >= 15 is 0 Å². The molecule has 0 aliphatic carbocycles. The summed E-state index contributed by atoms with van der Waals surface area (Å²) in [6.07, 6.45) is 0. The second kappa shape index (κ2) is 10.1. The van der Waals surface area contributed by atoms with Gasteiger partial charge in [-0.2, -0.15) is 9.78 Å². The van der Waals surface area contributed by atoms with Crippen molar-refractivity contribution in [3.8, 4) is 22.7 Å². The average Bonchev–Trinajstić information content (AvgIpc) is 2.78. The Hall–Kier alpha value is -1.99. The normalized spacial score (nSPS) is 11.2. The molecular formula is C23H15Cl5N2O3. The van der Waals surface area contributed by atoms with E-state index in [0.717, 1.165) is 5.56 Å². The minimum atomic E-state index is -0.437. The molecule has 0 aliphatic heterocycles. The number of methoxy groups -OCH3 is 1. The molecule has 0 fully saturated rings. The number of benzene rings is 3. The lowest BCUT2D eigenvalue weighted by atomic mass is 10.0. The van der Waals surface area contributed by atoms with Gasteiger partial charge in [0.15, 0.2) is 0 Å². The number of hydrogen-bond donors (Lipinski definition) is 0. The summed E-state index contributed by atoms with van der Waals surface area (Å²) in [4.78, 5) is 13.5. The first-order valence-corrected chi connectivity index (χ1v) is 11.5. The summed E-state index contributed by atoms with van der Waals surface area (Å²) >= 11 is 31.3. The van der Waals surface area contributed by atoms with Crippen molar-refractivity contribution in [2.75, 3.05) is 20.3 Å². The molecule has 0 unspecified atom stereocenters. The second-order valence-electron chi connectivity index (χ2n) is 6.96. The van der Waals surface area contributed by atoms with E-state index in [0.29, 0.717) is 49.6 Å². The van der Waals surface area contributed by atoms with Gasteiger partial charge in [0.25, 0.3) is 5.56 Å². The third kappa shape index (κ3) is 4.94. The Morgan fingerprint density at radius 3 is 2.15 bits per heavy atom. The number of nitrogens with zero attached hydrogens (tertiary/aromatic N) is 2. The maximum absolute atomic E-state index is 13.5. The molecule has 4 aromatic rings. The molecule has 0 N–H and O–H groups in total. The Kier molecular flexibility index (Phi) is 7.39. The van der Waals surface area contributed by atoms with Crippen molar-refractivity contribution in [1.82, 2.24) is 9.78 Å². The van der Waals surface area contributed by atoms with E-state index in [-0.39, 0.29) is 16.7 Å². The highest BCUT2D eigenvalue weighted by molar-refractivity contribution is 6.43. The van der Waals surface area contributed by atoms with Crippen LogP contribution in [-0.4, -0.2) is 30.1 Å². The molecule has 1 heterocycles. The molecule has 0 radical (unpaired) electrons. The fraction of sp³-hybridized carbons (Fsp3) is 0.130. The van der Waals surface area contributed by atoms with Crippen LogP contribution in [0, 0.1) is 0 Å². The Balaban J connectivity index is 2.00. The van der Waals surface area contributed by atoms with Crippen molar-refractivity contribution < 1.29 is 9.47 Å². The molecule has 3 aromatic carbocycles. The number of rotatable bonds is 6. The highest BCUT2D eigenvalue weighted by Gasteiger charge is 2.19. The van der Waals surface area contributed by atoms with Gasteiger partial charge < -0.3 is 9.47 Å². The van der Waals surface area contributed by atoms with Crippen molar-refractivity contribution in [1.29, 1.82) is 0 Å². The van der Waals surface area contributed by atoms with E-state index in [1.165, 1.54) is 16.8 Å². The van der Waals surface area contributed by atoms with Crippen LogP contribution in [0.25, 0.3) is 27.7 Å². The Morgan fingerprint density at radius 2 is 1.48 bits per heavy atom. The highest BCUT2D eigenvalue weighted by atomic mass is 35.5. The third-order valence-corrected chi connectivity index (χ3v) is 6.40. The van der Waals surface area contributed by atoms with E-state index in [4.69, 9.17) is 67.5 Å². The molecule has 0 bridgehead atoms. The van der Waals surface area contributed by atoms with Crippen molar-refractivity contribution in [2.24, 2.45) is 0 Å². The summed E-state index contributed by atoms with van der Waals surface area (Å²) in [6, 6.07) is 13.2. The molecule has 1 aromatic heterocycles. The summed E-state index contributed by atoms with van der Waals surface area (Å²) < 4.78 is 11.9. The first-order chi connectivity index (χ1) is 15.8. The van der Waals surface area contributed by atoms with Gasteiger partial charge in [-0.05, 0) is 30.3 Å². The lowest BCUT2D eigenvalue weighted by Gasteiger charge is -2.15. The summed E-state index contributed by atoms with van der Waals surface area (Å²) in [6.45, 7) is 0.629. The molecule has 170 valence electrons. The lowest BCUT2D eigenvalue weighted by molar-refractivity contribution is 0.146. The first kappa shape index (κ1) is 24.1. The van der Waals surface area contributed by atoms with Crippen molar-refractivity contribution in [3.63, 3.8) is 0 Å². The summed E-state index contributed by atoms with van der Waals surface area (Å²) in [5, 5.41) is 7.10. The largest absolute Gasteiger partial charge is 0.490 e. The zero-order chi connectivity index (χ0) is 23.7. The monoisotopic (exact) mass is 542 g/mol. The van der Waals surface area contributed by atoms with Crippen LogP contribution in [0.1, 0.15) is 0 Å². The minimum Gasteiger partial charge on any atom is -0.490 e. The van der Waals surface area contributed by atoms with E-state index in [1.807, 2.05) is 0 Å². The molecule has 0 saturated heterocycles. The zero-order valence-corrected chi connectivity index (χ0v) is 20.8. The number of hydrogen-bond acceptors (Lipinski definition) is 4. The van der Waals surface area contributed by atoms with Crippen molar-refractivity contribution in [2.45, 2.75) is 0 Å². The van der Waals surface area contributed by atoms with Crippen LogP contribution in [0.4, 0.5) is 0 Å². The van der Waals surface area contributed by atoms with Crippen LogP contribution in [0.5, 0.6) is 5.75 Å². The quantitative estimate of drug-likeness (QED) is 0.238. The van der Waals surface area contributed by atoms with Gasteiger partial charge in [0.05, 0.1) is 43.5 Å². The number of halogens is 5. The summed E-state index contributed by atoms with van der Waals surface area (Å²) in [7, 11) is 1.56. The fourth-order valence-corrected chi connectivity index (χ4v) is 4.21. The highest BCUT2D eigenvalue weighted by Crippen LogP contribution is 2.35. The average molecular weight is 545 g/mol. The smallest absolute Gasteiger partial charge is 0.279 e. The molecule has 0 aliphatic rings.